The Bertz CT molecular complexity index is 126. The summed E-state index contributed by atoms with van der Waals surface area (Å²) in [6, 6.07) is 0. The van der Waals surface area contributed by atoms with E-state index in [0.29, 0.717) is 0 Å². The molecule has 0 heterocycles. The highest BCUT2D eigenvalue weighted by molar-refractivity contribution is 4.90. The van der Waals surface area contributed by atoms with E-state index in [4.69, 9.17) is 0 Å². The van der Waals surface area contributed by atoms with Gasteiger partial charge in [0.25, 0.3) is 0 Å². The standard InChI is InChI=1S/C12H24/c1-5-6-7-11-8-12(11)10(4)9(2)3/h9-12H,5-8H2,1-4H3. The van der Waals surface area contributed by atoms with Crippen LogP contribution in [-0.2, 0) is 0 Å². The minimum atomic E-state index is 0.890. The Labute approximate surface area is 77.7 Å². The second-order valence-electron chi connectivity index (χ2n) is 4.90. The van der Waals surface area contributed by atoms with E-state index in [-0.39, 0.29) is 0 Å². The van der Waals surface area contributed by atoms with E-state index >= 15 is 0 Å². The van der Waals surface area contributed by atoms with Gasteiger partial charge in [0.05, 0.1) is 0 Å². The van der Waals surface area contributed by atoms with Gasteiger partial charge in [-0.3, -0.25) is 0 Å². The van der Waals surface area contributed by atoms with Crippen LogP contribution >= 0.6 is 0 Å². The SMILES string of the molecule is CCCCC1CC1C(C)C(C)C. The van der Waals surface area contributed by atoms with Crippen LogP contribution in [0.3, 0.4) is 0 Å². The van der Waals surface area contributed by atoms with E-state index in [0.717, 1.165) is 23.7 Å². The van der Waals surface area contributed by atoms with Gasteiger partial charge in [-0.05, 0) is 30.1 Å². The molecule has 0 bridgehead atoms. The fourth-order valence-electron chi connectivity index (χ4n) is 2.21. The van der Waals surface area contributed by atoms with Crippen molar-refractivity contribution in [3.8, 4) is 0 Å². The lowest BCUT2D eigenvalue weighted by Crippen LogP contribution is -2.07. The molecule has 3 unspecified atom stereocenters. The minimum Gasteiger partial charge on any atom is -0.0654 e. The molecule has 1 aliphatic carbocycles. The first-order valence-electron chi connectivity index (χ1n) is 5.66. The van der Waals surface area contributed by atoms with Crippen LogP contribution in [0.4, 0.5) is 0 Å². The zero-order valence-corrected chi connectivity index (χ0v) is 9.14. The molecule has 0 saturated heterocycles. The monoisotopic (exact) mass is 168 g/mol. The third-order valence-electron chi connectivity index (χ3n) is 3.63. The van der Waals surface area contributed by atoms with Gasteiger partial charge in [0, 0.05) is 0 Å². The Morgan fingerprint density at radius 1 is 1.25 bits per heavy atom. The molecule has 1 fully saturated rings. The Morgan fingerprint density at radius 3 is 2.42 bits per heavy atom. The summed E-state index contributed by atoms with van der Waals surface area (Å²) in [5, 5.41) is 0. The molecule has 3 atom stereocenters. The van der Waals surface area contributed by atoms with Gasteiger partial charge in [-0.2, -0.15) is 0 Å². The summed E-state index contributed by atoms with van der Waals surface area (Å²) in [6.45, 7) is 9.45. The van der Waals surface area contributed by atoms with Gasteiger partial charge >= 0.3 is 0 Å². The van der Waals surface area contributed by atoms with Gasteiger partial charge in [0.2, 0.25) is 0 Å². The van der Waals surface area contributed by atoms with E-state index < -0.39 is 0 Å². The highest BCUT2D eigenvalue weighted by atomic mass is 14.5. The second-order valence-corrected chi connectivity index (χ2v) is 4.90. The molecule has 72 valence electrons. The molecule has 0 radical (unpaired) electrons. The van der Waals surface area contributed by atoms with Crippen LogP contribution in [0.25, 0.3) is 0 Å². The summed E-state index contributed by atoms with van der Waals surface area (Å²) in [5.74, 6) is 4.03. The maximum Gasteiger partial charge on any atom is -0.0355 e. The first kappa shape index (κ1) is 10.1. The van der Waals surface area contributed by atoms with Crippen LogP contribution in [0, 0.1) is 23.7 Å². The van der Waals surface area contributed by atoms with Crippen molar-refractivity contribution in [3.05, 3.63) is 0 Å². The van der Waals surface area contributed by atoms with Gasteiger partial charge in [-0.25, -0.2) is 0 Å². The largest absolute Gasteiger partial charge is 0.0654 e. The van der Waals surface area contributed by atoms with E-state index in [1.807, 2.05) is 0 Å². The molecule has 1 saturated carbocycles. The van der Waals surface area contributed by atoms with Crippen LogP contribution in [0.5, 0.6) is 0 Å². The zero-order valence-electron chi connectivity index (χ0n) is 9.14. The first-order chi connectivity index (χ1) is 5.66. The maximum absolute atomic E-state index is 2.43. The number of unbranched alkanes of at least 4 members (excludes halogenated alkanes) is 1. The van der Waals surface area contributed by atoms with Crippen molar-refractivity contribution < 1.29 is 0 Å². The average Bonchev–Trinajstić information content (AvgIpc) is 2.78. The lowest BCUT2D eigenvalue weighted by Gasteiger charge is -2.14. The normalized spacial score (nSPS) is 30.8. The molecular formula is C12H24. The number of hydrogen-bond acceptors (Lipinski definition) is 0. The summed E-state index contributed by atoms with van der Waals surface area (Å²) in [4.78, 5) is 0. The van der Waals surface area contributed by atoms with E-state index in [1.54, 1.807) is 0 Å². The average molecular weight is 168 g/mol. The topological polar surface area (TPSA) is 0 Å². The third-order valence-corrected chi connectivity index (χ3v) is 3.63. The van der Waals surface area contributed by atoms with Crippen LogP contribution in [0.2, 0.25) is 0 Å². The Morgan fingerprint density at radius 2 is 1.92 bits per heavy atom. The molecule has 12 heavy (non-hydrogen) atoms. The van der Waals surface area contributed by atoms with E-state index in [2.05, 4.69) is 27.7 Å². The van der Waals surface area contributed by atoms with Crippen molar-refractivity contribution in [1.82, 2.24) is 0 Å². The van der Waals surface area contributed by atoms with E-state index in [9.17, 15) is 0 Å². The molecule has 0 aromatic heterocycles. The van der Waals surface area contributed by atoms with Gasteiger partial charge in [-0.1, -0.05) is 47.0 Å². The highest BCUT2D eigenvalue weighted by Crippen LogP contribution is 2.49. The zero-order chi connectivity index (χ0) is 9.14. The lowest BCUT2D eigenvalue weighted by atomic mass is 9.91. The van der Waals surface area contributed by atoms with Crippen molar-refractivity contribution in [2.24, 2.45) is 23.7 Å². The van der Waals surface area contributed by atoms with Crippen LogP contribution in [0.1, 0.15) is 53.4 Å². The second kappa shape index (κ2) is 4.30. The first-order valence-corrected chi connectivity index (χ1v) is 5.66. The molecule has 1 aliphatic rings. The molecule has 1 rings (SSSR count). The van der Waals surface area contributed by atoms with Crippen molar-refractivity contribution in [1.29, 1.82) is 0 Å². The van der Waals surface area contributed by atoms with Crippen molar-refractivity contribution in [3.63, 3.8) is 0 Å². The van der Waals surface area contributed by atoms with Gasteiger partial charge in [-0.15, -0.1) is 0 Å². The number of rotatable bonds is 5. The van der Waals surface area contributed by atoms with Gasteiger partial charge in [0.15, 0.2) is 0 Å². The van der Waals surface area contributed by atoms with Crippen molar-refractivity contribution in [2.75, 3.05) is 0 Å². The Kier molecular flexibility index (Phi) is 3.61. The fraction of sp³-hybridized carbons (Fsp3) is 1.00. The molecular weight excluding hydrogens is 144 g/mol. The molecule has 0 spiro atoms. The van der Waals surface area contributed by atoms with Crippen molar-refractivity contribution in [2.45, 2.75) is 53.4 Å². The molecule has 0 amide bonds. The van der Waals surface area contributed by atoms with Crippen molar-refractivity contribution >= 4 is 0 Å². The van der Waals surface area contributed by atoms with Crippen LogP contribution < -0.4 is 0 Å². The molecule has 0 N–H and O–H groups in total. The smallest absolute Gasteiger partial charge is 0.0355 e. The summed E-state index contributed by atoms with van der Waals surface area (Å²) in [7, 11) is 0. The predicted octanol–water partition coefficient (Wildman–Crippen LogP) is 4.10. The predicted molar refractivity (Wildman–Crippen MR) is 55.1 cm³/mol. The molecule has 0 aromatic carbocycles. The summed E-state index contributed by atoms with van der Waals surface area (Å²) >= 11 is 0. The van der Waals surface area contributed by atoms with Gasteiger partial charge < -0.3 is 0 Å². The minimum absolute atomic E-state index is 0.890. The van der Waals surface area contributed by atoms with E-state index in [1.165, 1.54) is 25.7 Å². The highest BCUT2D eigenvalue weighted by Gasteiger charge is 2.40. The van der Waals surface area contributed by atoms with Crippen LogP contribution in [0.15, 0.2) is 0 Å². The maximum atomic E-state index is 2.43. The summed E-state index contributed by atoms with van der Waals surface area (Å²) in [5.41, 5.74) is 0. The third kappa shape index (κ3) is 2.50. The lowest BCUT2D eigenvalue weighted by molar-refractivity contribution is 0.349. The van der Waals surface area contributed by atoms with Gasteiger partial charge in [0.1, 0.15) is 0 Å². The Balaban J connectivity index is 2.14. The fourth-order valence-corrected chi connectivity index (χ4v) is 2.21. The Hall–Kier alpha value is 0. The summed E-state index contributed by atoms with van der Waals surface area (Å²) in [6.07, 6.45) is 5.85. The molecule has 0 nitrogen and oxygen atoms in total. The quantitative estimate of drug-likeness (QED) is 0.579. The molecule has 0 aromatic rings. The number of hydrogen-bond donors (Lipinski definition) is 0. The molecule has 0 aliphatic heterocycles. The molecule has 0 heteroatoms. The summed E-state index contributed by atoms with van der Waals surface area (Å²) < 4.78 is 0. The van der Waals surface area contributed by atoms with Crippen LogP contribution in [-0.4, -0.2) is 0 Å².